The zero-order chi connectivity index (χ0) is 14.2. The minimum Gasteiger partial charge on any atom is -0.364 e. The Morgan fingerprint density at radius 1 is 1.19 bits per heavy atom. The minimum absolute atomic E-state index is 0.429. The minimum atomic E-state index is 0.429. The molecule has 0 spiro atoms. The first kappa shape index (κ1) is 13.2. The first-order valence-corrected chi connectivity index (χ1v) is 7.95. The Bertz CT molecular complexity index is 658. The Morgan fingerprint density at radius 3 is 2.95 bits per heavy atom. The van der Waals surface area contributed by atoms with Crippen LogP contribution in [0.5, 0.6) is 0 Å². The third-order valence-corrected chi connectivity index (χ3v) is 4.67. The van der Waals surface area contributed by atoms with Crippen LogP contribution in [-0.4, -0.2) is 45.3 Å². The SMILES string of the molecule is Clc1nnc(NC2CCCN(C3CC3)C2)c2cnccc12. The maximum Gasteiger partial charge on any atom is 0.159 e. The van der Waals surface area contributed by atoms with Crippen molar-refractivity contribution < 1.29 is 0 Å². The second kappa shape index (κ2) is 5.39. The van der Waals surface area contributed by atoms with Gasteiger partial charge in [-0.25, -0.2) is 0 Å². The Labute approximate surface area is 128 Å². The lowest BCUT2D eigenvalue weighted by Crippen LogP contribution is -2.43. The van der Waals surface area contributed by atoms with Gasteiger partial charge < -0.3 is 5.32 Å². The molecular weight excluding hydrogens is 286 g/mol. The summed E-state index contributed by atoms with van der Waals surface area (Å²) in [4.78, 5) is 6.79. The number of halogens is 1. The van der Waals surface area contributed by atoms with E-state index in [2.05, 4.69) is 25.4 Å². The summed E-state index contributed by atoms with van der Waals surface area (Å²) in [6.07, 6.45) is 8.68. The molecule has 4 rings (SSSR count). The van der Waals surface area contributed by atoms with Crippen LogP contribution in [0.25, 0.3) is 10.8 Å². The van der Waals surface area contributed by atoms with Gasteiger partial charge in [0.25, 0.3) is 0 Å². The molecule has 1 N–H and O–H groups in total. The topological polar surface area (TPSA) is 53.9 Å². The van der Waals surface area contributed by atoms with Gasteiger partial charge in [-0.2, -0.15) is 0 Å². The van der Waals surface area contributed by atoms with E-state index in [9.17, 15) is 0 Å². The number of pyridine rings is 1. The van der Waals surface area contributed by atoms with Gasteiger partial charge in [-0.1, -0.05) is 11.6 Å². The van der Waals surface area contributed by atoms with Gasteiger partial charge in [0.1, 0.15) is 0 Å². The Hall–Kier alpha value is -1.46. The van der Waals surface area contributed by atoms with Gasteiger partial charge in [0.15, 0.2) is 11.0 Å². The highest BCUT2D eigenvalue weighted by Gasteiger charge is 2.32. The lowest BCUT2D eigenvalue weighted by Gasteiger charge is -2.33. The number of aromatic nitrogens is 3. The van der Waals surface area contributed by atoms with Gasteiger partial charge in [0.05, 0.1) is 0 Å². The molecule has 1 aliphatic heterocycles. The summed E-state index contributed by atoms with van der Waals surface area (Å²) < 4.78 is 0. The average Bonchev–Trinajstić information content (AvgIpc) is 3.36. The van der Waals surface area contributed by atoms with E-state index in [1.54, 1.807) is 12.4 Å². The molecule has 5 nitrogen and oxygen atoms in total. The number of hydrogen-bond acceptors (Lipinski definition) is 5. The number of anilines is 1. The van der Waals surface area contributed by atoms with E-state index in [4.69, 9.17) is 11.6 Å². The number of fused-ring (bicyclic) bond motifs is 1. The van der Waals surface area contributed by atoms with Crippen LogP contribution >= 0.6 is 11.6 Å². The van der Waals surface area contributed by atoms with E-state index in [1.165, 1.54) is 32.2 Å². The fourth-order valence-corrected chi connectivity index (χ4v) is 3.36. The lowest BCUT2D eigenvalue weighted by molar-refractivity contribution is 0.207. The second-order valence-electron chi connectivity index (χ2n) is 5.97. The monoisotopic (exact) mass is 303 g/mol. The van der Waals surface area contributed by atoms with Crippen LogP contribution in [0.4, 0.5) is 5.82 Å². The number of rotatable bonds is 3. The highest BCUT2D eigenvalue weighted by atomic mass is 35.5. The molecule has 0 aromatic carbocycles. The third-order valence-electron chi connectivity index (χ3n) is 4.39. The van der Waals surface area contributed by atoms with Gasteiger partial charge in [-0.15, -0.1) is 10.2 Å². The molecule has 110 valence electrons. The first-order chi connectivity index (χ1) is 10.3. The third kappa shape index (κ3) is 2.68. The maximum atomic E-state index is 6.11. The zero-order valence-corrected chi connectivity index (χ0v) is 12.6. The van der Waals surface area contributed by atoms with Gasteiger partial charge in [-0.05, 0) is 38.3 Å². The van der Waals surface area contributed by atoms with Crippen molar-refractivity contribution in [3.63, 3.8) is 0 Å². The van der Waals surface area contributed by atoms with Crippen molar-refractivity contribution in [3.05, 3.63) is 23.6 Å². The summed E-state index contributed by atoms with van der Waals surface area (Å²) in [6, 6.07) is 3.14. The molecule has 3 heterocycles. The van der Waals surface area contributed by atoms with E-state index < -0.39 is 0 Å². The van der Waals surface area contributed by atoms with Crippen molar-refractivity contribution in [1.29, 1.82) is 0 Å². The van der Waals surface area contributed by atoms with Crippen LogP contribution in [0.3, 0.4) is 0 Å². The summed E-state index contributed by atoms with van der Waals surface area (Å²) in [5.74, 6) is 0.796. The molecule has 6 heteroatoms. The molecule has 0 amide bonds. The number of nitrogens with one attached hydrogen (secondary N) is 1. The Kier molecular flexibility index (Phi) is 3.39. The van der Waals surface area contributed by atoms with E-state index in [1.807, 2.05) is 6.07 Å². The molecule has 1 unspecified atom stereocenters. The van der Waals surface area contributed by atoms with E-state index >= 15 is 0 Å². The highest BCUT2D eigenvalue weighted by molar-refractivity contribution is 6.34. The second-order valence-corrected chi connectivity index (χ2v) is 6.33. The standard InChI is InChI=1S/C15H18ClN5/c16-14-12-5-6-17-8-13(12)15(20-19-14)18-10-2-1-7-21(9-10)11-3-4-11/h5-6,8,10-11H,1-4,7,9H2,(H,18,20). The number of nitrogens with zero attached hydrogens (tertiary/aromatic N) is 4. The van der Waals surface area contributed by atoms with Crippen LogP contribution in [-0.2, 0) is 0 Å². The molecule has 2 aromatic heterocycles. The summed E-state index contributed by atoms with van der Waals surface area (Å²) in [5, 5.41) is 14.1. The number of piperidine rings is 1. The van der Waals surface area contributed by atoms with Gasteiger partial charge >= 0.3 is 0 Å². The molecule has 1 atom stereocenters. The summed E-state index contributed by atoms with van der Waals surface area (Å²) in [5.41, 5.74) is 0. The first-order valence-electron chi connectivity index (χ1n) is 7.58. The molecule has 1 saturated carbocycles. The van der Waals surface area contributed by atoms with Crippen LogP contribution in [0, 0.1) is 0 Å². The number of hydrogen-bond donors (Lipinski definition) is 1. The molecule has 2 aliphatic rings. The van der Waals surface area contributed by atoms with E-state index in [-0.39, 0.29) is 0 Å². The molecular formula is C15H18ClN5. The van der Waals surface area contributed by atoms with Crippen LogP contribution in [0.2, 0.25) is 5.15 Å². The normalized spacial score (nSPS) is 23.4. The van der Waals surface area contributed by atoms with Crippen molar-refractivity contribution in [2.24, 2.45) is 0 Å². The largest absolute Gasteiger partial charge is 0.364 e. The van der Waals surface area contributed by atoms with Crippen molar-refractivity contribution >= 4 is 28.2 Å². The van der Waals surface area contributed by atoms with E-state index in [0.717, 1.165) is 29.2 Å². The number of likely N-dealkylation sites (tertiary alicyclic amines) is 1. The summed E-state index contributed by atoms with van der Waals surface area (Å²) in [6.45, 7) is 2.33. The predicted molar refractivity (Wildman–Crippen MR) is 83.6 cm³/mol. The van der Waals surface area contributed by atoms with Crippen LogP contribution in [0.15, 0.2) is 18.5 Å². The quantitative estimate of drug-likeness (QED) is 0.945. The smallest absolute Gasteiger partial charge is 0.159 e. The fraction of sp³-hybridized carbons (Fsp3) is 0.533. The fourth-order valence-electron chi connectivity index (χ4n) is 3.16. The van der Waals surface area contributed by atoms with Gasteiger partial charge in [0.2, 0.25) is 0 Å². The van der Waals surface area contributed by atoms with Crippen molar-refractivity contribution in [3.8, 4) is 0 Å². The van der Waals surface area contributed by atoms with Crippen molar-refractivity contribution in [2.75, 3.05) is 18.4 Å². The molecule has 0 radical (unpaired) electrons. The molecule has 2 fully saturated rings. The van der Waals surface area contributed by atoms with Crippen molar-refractivity contribution in [2.45, 2.75) is 37.8 Å². The molecule has 1 aliphatic carbocycles. The predicted octanol–water partition coefficient (Wildman–Crippen LogP) is 2.72. The average molecular weight is 304 g/mol. The van der Waals surface area contributed by atoms with Gasteiger partial charge in [0, 0.05) is 41.8 Å². The Morgan fingerprint density at radius 2 is 2.10 bits per heavy atom. The summed E-state index contributed by atoms with van der Waals surface area (Å²) >= 11 is 6.11. The zero-order valence-electron chi connectivity index (χ0n) is 11.8. The van der Waals surface area contributed by atoms with E-state index in [0.29, 0.717) is 11.2 Å². The van der Waals surface area contributed by atoms with Crippen molar-refractivity contribution in [1.82, 2.24) is 20.1 Å². The van der Waals surface area contributed by atoms with Gasteiger partial charge in [-0.3, -0.25) is 9.88 Å². The highest BCUT2D eigenvalue weighted by Crippen LogP contribution is 2.31. The van der Waals surface area contributed by atoms with Crippen LogP contribution in [0.1, 0.15) is 25.7 Å². The molecule has 0 bridgehead atoms. The Balaban J connectivity index is 1.57. The lowest BCUT2D eigenvalue weighted by atomic mass is 10.1. The molecule has 1 saturated heterocycles. The molecule has 21 heavy (non-hydrogen) atoms. The maximum absolute atomic E-state index is 6.11. The molecule has 2 aromatic rings. The van der Waals surface area contributed by atoms with Crippen LogP contribution < -0.4 is 5.32 Å². The summed E-state index contributed by atoms with van der Waals surface area (Å²) in [7, 11) is 0.